The van der Waals surface area contributed by atoms with Crippen molar-refractivity contribution in [3.05, 3.63) is 33.9 Å². The van der Waals surface area contributed by atoms with E-state index in [4.69, 9.17) is 5.84 Å². The molecule has 1 rings (SSSR count). The number of anilines is 1. The summed E-state index contributed by atoms with van der Waals surface area (Å²) in [6, 6.07) is 4.20. The highest BCUT2D eigenvalue weighted by atomic mass is 16.6. The quantitative estimate of drug-likeness (QED) is 0.471. The van der Waals surface area contributed by atoms with Gasteiger partial charge in [-0.2, -0.15) is 0 Å². The third kappa shape index (κ3) is 3.92. The Labute approximate surface area is 117 Å². The van der Waals surface area contributed by atoms with Crippen molar-refractivity contribution in [3.63, 3.8) is 0 Å². The van der Waals surface area contributed by atoms with Gasteiger partial charge in [-0.3, -0.25) is 20.8 Å². The fourth-order valence-corrected chi connectivity index (χ4v) is 1.71. The molecule has 0 fully saturated rings. The third-order valence-electron chi connectivity index (χ3n) is 2.99. The lowest BCUT2D eigenvalue weighted by Crippen LogP contribution is -2.28. The van der Waals surface area contributed by atoms with Crippen LogP contribution in [0.2, 0.25) is 0 Å². The van der Waals surface area contributed by atoms with Crippen LogP contribution in [0.3, 0.4) is 0 Å². The van der Waals surface area contributed by atoms with Crippen LogP contribution < -0.4 is 11.3 Å². The first-order chi connectivity index (χ1) is 9.36. The molecule has 0 atom stereocenters. The van der Waals surface area contributed by atoms with Gasteiger partial charge in [-0.15, -0.1) is 0 Å². The zero-order chi connectivity index (χ0) is 15.3. The molecule has 7 heteroatoms. The zero-order valence-corrected chi connectivity index (χ0v) is 11.9. The molecule has 0 aliphatic rings. The number of benzene rings is 1. The number of hydrogen-bond donors (Lipinski definition) is 2. The summed E-state index contributed by atoms with van der Waals surface area (Å²) in [7, 11) is 1.69. The third-order valence-corrected chi connectivity index (χ3v) is 2.99. The van der Waals surface area contributed by atoms with Crippen molar-refractivity contribution in [2.45, 2.75) is 20.3 Å². The number of rotatable bonds is 6. The van der Waals surface area contributed by atoms with Gasteiger partial charge >= 0.3 is 0 Å². The maximum absolute atomic E-state index is 12.2. The lowest BCUT2D eigenvalue weighted by molar-refractivity contribution is -0.384. The van der Waals surface area contributed by atoms with E-state index in [0.717, 1.165) is 6.42 Å². The number of nitrogens with two attached hydrogens (primary N) is 1. The standard InChI is InChI=1S/C13H20N4O3/c1-9(2)6-7-16(3)13(18)10-4-5-11(15-14)12(8-10)17(19)20/h4-5,8-9,15H,6-7,14H2,1-3H3. The summed E-state index contributed by atoms with van der Waals surface area (Å²) in [5, 5.41) is 10.9. The van der Waals surface area contributed by atoms with Crippen LogP contribution in [0.1, 0.15) is 30.6 Å². The van der Waals surface area contributed by atoms with Crippen molar-refractivity contribution in [2.24, 2.45) is 11.8 Å². The molecule has 0 aliphatic heterocycles. The van der Waals surface area contributed by atoms with Gasteiger partial charge in [-0.1, -0.05) is 13.8 Å². The number of hydrogen-bond acceptors (Lipinski definition) is 5. The summed E-state index contributed by atoms with van der Waals surface area (Å²) in [6.07, 6.45) is 0.882. The van der Waals surface area contributed by atoms with E-state index >= 15 is 0 Å². The maximum Gasteiger partial charge on any atom is 0.294 e. The van der Waals surface area contributed by atoms with Crippen LogP contribution >= 0.6 is 0 Å². The zero-order valence-electron chi connectivity index (χ0n) is 11.9. The molecular weight excluding hydrogens is 260 g/mol. The topological polar surface area (TPSA) is 102 Å². The predicted molar refractivity (Wildman–Crippen MR) is 77.3 cm³/mol. The van der Waals surface area contributed by atoms with Gasteiger partial charge in [0.2, 0.25) is 0 Å². The maximum atomic E-state index is 12.2. The number of amides is 1. The number of carbonyl (C=O) groups is 1. The molecule has 7 nitrogen and oxygen atoms in total. The number of nitrogens with one attached hydrogen (secondary N) is 1. The molecule has 0 aromatic heterocycles. The Balaban J connectivity index is 2.93. The Morgan fingerprint density at radius 2 is 2.15 bits per heavy atom. The molecule has 0 radical (unpaired) electrons. The Kier molecular flexibility index (Phi) is 5.45. The summed E-state index contributed by atoms with van der Waals surface area (Å²) in [4.78, 5) is 24.1. The first kappa shape index (κ1) is 15.9. The van der Waals surface area contributed by atoms with E-state index in [0.29, 0.717) is 12.5 Å². The van der Waals surface area contributed by atoms with Crippen LogP contribution in [0.4, 0.5) is 11.4 Å². The molecule has 0 heterocycles. The van der Waals surface area contributed by atoms with Crippen LogP contribution in [-0.2, 0) is 0 Å². The molecule has 1 aromatic rings. The average molecular weight is 280 g/mol. The van der Waals surface area contributed by atoms with Gasteiger partial charge in [-0.05, 0) is 24.5 Å². The molecule has 110 valence electrons. The lowest BCUT2D eigenvalue weighted by atomic mass is 10.1. The van der Waals surface area contributed by atoms with E-state index in [1.807, 2.05) is 0 Å². The molecule has 0 spiro atoms. The molecule has 3 N–H and O–H groups in total. The summed E-state index contributed by atoms with van der Waals surface area (Å²) in [5.74, 6) is 5.46. The molecular formula is C13H20N4O3. The van der Waals surface area contributed by atoms with E-state index in [-0.39, 0.29) is 22.8 Å². The molecule has 20 heavy (non-hydrogen) atoms. The number of carbonyl (C=O) groups excluding carboxylic acids is 1. The van der Waals surface area contributed by atoms with Crippen LogP contribution in [0.15, 0.2) is 18.2 Å². The normalized spacial score (nSPS) is 10.4. The summed E-state index contributed by atoms with van der Waals surface area (Å²) in [5.41, 5.74) is 2.49. The van der Waals surface area contributed by atoms with Crippen LogP contribution in [0.25, 0.3) is 0 Å². The number of nitrogen functional groups attached to an aromatic ring is 1. The minimum atomic E-state index is -0.569. The Bertz CT molecular complexity index is 502. The first-order valence-corrected chi connectivity index (χ1v) is 6.37. The van der Waals surface area contributed by atoms with Crippen LogP contribution in [0.5, 0.6) is 0 Å². The predicted octanol–water partition coefficient (Wildman–Crippen LogP) is 2.00. The van der Waals surface area contributed by atoms with E-state index in [1.165, 1.54) is 18.2 Å². The number of nitro groups is 1. The fraction of sp³-hybridized carbons (Fsp3) is 0.462. The monoisotopic (exact) mass is 280 g/mol. The second-order valence-corrected chi connectivity index (χ2v) is 5.04. The van der Waals surface area contributed by atoms with E-state index in [2.05, 4.69) is 19.3 Å². The second kappa shape index (κ2) is 6.85. The number of hydrazine groups is 1. The van der Waals surface area contributed by atoms with Gasteiger partial charge in [0.05, 0.1) is 4.92 Å². The Morgan fingerprint density at radius 3 is 2.65 bits per heavy atom. The van der Waals surface area contributed by atoms with Gasteiger partial charge in [0, 0.05) is 25.2 Å². The van der Waals surface area contributed by atoms with Crippen LogP contribution in [-0.4, -0.2) is 29.3 Å². The molecule has 0 saturated carbocycles. The number of nitrogens with zero attached hydrogens (tertiary/aromatic N) is 2. The highest BCUT2D eigenvalue weighted by Gasteiger charge is 2.19. The lowest BCUT2D eigenvalue weighted by Gasteiger charge is -2.18. The summed E-state index contributed by atoms with van der Waals surface area (Å²) >= 11 is 0. The van der Waals surface area contributed by atoms with Crippen molar-refractivity contribution in [3.8, 4) is 0 Å². The van der Waals surface area contributed by atoms with Crippen molar-refractivity contribution in [2.75, 3.05) is 19.0 Å². The van der Waals surface area contributed by atoms with Gasteiger partial charge < -0.3 is 10.3 Å². The second-order valence-electron chi connectivity index (χ2n) is 5.04. The van der Waals surface area contributed by atoms with Crippen LogP contribution in [0, 0.1) is 16.0 Å². The summed E-state index contributed by atoms with van der Waals surface area (Å²) < 4.78 is 0. The fourth-order valence-electron chi connectivity index (χ4n) is 1.71. The molecule has 1 amide bonds. The molecule has 1 aromatic carbocycles. The first-order valence-electron chi connectivity index (χ1n) is 6.37. The smallest absolute Gasteiger partial charge is 0.294 e. The summed E-state index contributed by atoms with van der Waals surface area (Å²) in [6.45, 7) is 4.76. The molecule has 0 aliphatic carbocycles. The van der Waals surface area contributed by atoms with Crippen molar-refractivity contribution < 1.29 is 9.72 Å². The van der Waals surface area contributed by atoms with Gasteiger partial charge in [0.25, 0.3) is 11.6 Å². The Morgan fingerprint density at radius 1 is 1.50 bits per heavy atom. The highest BCUT2D eigenvalue weighted by Crippen LogP contribution is 2.25. The van der Waals surface area contributed by atoms with E-state index in [1.54, 1.807) is 11.9 Å². The average Bonchev–Trinajstić information content (AvgIpc) is 2.42. The Hall–Kier alpha value is -2.15. The van der Waals surface area contributed by atoms with Gasteiger partial charge in [-0.25, -0.2) is 0 Å². The van der Waals surface area contributed by atoms with Gasteiger partial charge in [0.1, 0.15) is 5.69 Å². The van der Waals surface area contributed by atoms with Crippen molar-refractivity contribution >= 4 is 17.3 Å². The minimum absolute atomic E-state index is 0.177. The largest absolute Gasteiger partial charge is 0.342 e. The molecule has 0 bridgehead atoms. The number of nitro benzene ring substituents is 1. The van der Waals surface area contributed by atoms with E-state index in [9.17, 15) is 14.9 Å². The SMILES string of the molecule is CC(C)CCN(C)C(=O)c1ccc(NN)c([N+](=O)[O-])c1. The van der Waals surface area contributed by atoms with E-state index < -0.39 is 4.92 Å². The highest BCUT2D eigenvalue weighted by molar-refractivity contribution is 5.95. The van der Waals surface area contributed by atoms with Crippen molar-refractivity contribution in [1.82, 2.24) is 4.90 Å². The molecule has 0 unspecified atom stereocenters. The minimum Gasteiger partial charge on any atom is -0.342 e. The van der Waals surface area contributed by atoms with Crippen molar-refractivity contribution in [1.29, 1.82) is 0 Å². The molecule has 0 saturated heterocycles. The van der Waals surface area contributed by atoms with Gasteiger partial charge in [0.15, 0.2) is 0 Å².